The van der Waals surface area contributed by atoms with Crippen LogP contribution in [-0.2, 0) is 6.54 Å². The van der Waals surface area contributed by atoms with E-state index in [1.54, 1.807) is 19.3 Å². The molecule has 0 aliphatic carbocycles. The summed E-state index contributed by atoms with van der Waals surface area (Å²) >= 11 is 3.41. The average Bonchev–Trinajstić information content (AvgIpc) is 2.87. The number of quaternary nitrogens is 1. The minimum Gasteiger partial charge on any atom is -0.872 e. The Morgan fingerprint density at radius 3 is 2.72 bits per heavy atom. The van der Waals surface area contributed by atoms with Crippen LogP contribution in [0.5, 0.6) is 17.2 Å². The number of benzene rings is 2. The summed E-state index contributed by atoms with van der Waals surface area (Å²) in [7, 11) is 5.45. The Labute approximate surface area is 154 Å². The van der Waals surface area contributed by atoms with Gasteiger partial charge in [0.2, 0.25) is 5.78 Å². The molecular formula is C19H18BrNO4. The van der Waals surface area contributed by atoms with Gasteiger partial charge in [-0.15, -0.1) is 0 Å². The molecule has 25 heavy (non-hydrogen) atoms. The molecule has 130 valence electrons. The number of methoxy groups -OCH3 is 1. The fourth-order valence-electron chi connectivity index (χ4n) is 2.77. The molecule has 0 atom stereocenters. The Morgan fingerprint density at radius 2 is 2.04 bits per heavy atom. The molecule has 0 fully saturated rings. The van der Waals surface area contributed by atoms with Crippen molar-refractivity contribution in [1.29, 1.82) is 0 Å². The van der Waals surface area contributed by atoms with Gasteiger partial charge in [0, 0.05) is 15.6 Å². The van der Waals surface area contributed by atoms with Crippen molar-refractivity contribution in [1.82, 2.24) is 0 Å². The second-order valence-corrected chi connectivity index (χ2v) is 7.04. The zero-order valence-corrected chi connectivity index (χ0v) is 15.8. The SMILES string of the molecule is COc1ccc(Br)cc1C=C1Oc2c(ccc([O-])c2C[NH+](C)C)C1=O. The topological polar surface area (TPSA) is 63.0 Å². The van der Waals surface area contributed by atoms with Crippen molar-refractivity contribution in [2.75, 3.05) is 21.2 Å². The number of Topliss-reactive ketones (excluding diaryl/α,β-unsaturated/α-hetero) is 1. The van der Waals surface area contributed by atoms with E-state index in [0.29, 0.717) is 29.2 Å². The predicted octanol–water partition coefficient (Wildman–Crippen LogP) is 1.79. The summed E-state index contributed by atoms with van der Waals surface area (Å²) in [5.74, 6) is 0.845. The van der Waals surface area contributed by atoms with E-state index in [0.717, 1.165) is 14.9 Å². The van der Waals surface area contributed by atoms with Gasteiger partial charge in [0.25, 0.3) is 0 Å². The van der Waals surface area contributed by atoms with Crippen LogP contribution >= 0.6 is 15.9 Å². The van der Waals surface area contributed by atoms with Crippen molar-refractivity contribution < 1.29 is 24.3 Å². The third kappa shape index (κ3) is 3.41. The van der Waals surface area contributed by atoms with Crippen LogP contribution in [0.3, 0.4) is 0 Å². The van der Waals surface area contributed by atoms with E-state index in [9.17, 15) is 9.90 Å². The lowest BCUT2D eigenvalue weighted by Gasteiger charge is -2.17. The van der Waals surface area contributed by atoms with Crippen molar-refractivity contribution in [3.63, 3.8) is 0 Å². The largest absolute Gasteiger partial charge is 0.872 e. The number of hydrogen-bond donors (Lipinski definition) is 1. The predicted molar refractivity (Wildman–Crippen MR) is 96.0 cm³/mol. The Kier molecular flexibility index (Phi) is 4.83. The maximum absolute atomic E-state index is 12.7. The number of ketones is 1. The van der Waals surface area contributed by atoms with Crippen molar-refractivity contribution in [3.8, 4) is 17.2 Å². The van der Waals surface area contributed by atoms with Gasteiger partial charge in [-0.2, -0.15) is 0 Å². The summed E-state index contributed by atoms with van der Waals surface area (Å²) < 4.78 is 12.0. The average molecular weight is 404 g/mol. The molecular weight excluding hydrogens is 386 g/mol. The number of fused-ring (bicyclic) bond motifs is 1. The Morgan fingerprint density at radius 1 is 1.28 bits per heavy atom. The van der Waals surface area contributed by atoms with Crippen LogP contribution in [-0.4, -0.2) is 27.0 Å². The molecule has 2 aromatic rings. The summed E-state index contributed by atoms with van der Waals surface area (Å²) in [4.78, 5) is 13.8. The fraction of sp³-hybridized carbons (Fsp3) is 0.211. The first-order valence-corrected chi connectivity index (χ1v) is 8.59. The standard InChI is InChI=1S/C19H18BrNO4/c1-21(2)10-14-15(22)6-5-13-18(23)17(25-19(13)14)9-11-8-12(20)4-7-16(11)24-3/h4-9,22H,10H2,1-3H3. The van der Waals surface area contributed by atoms with Crippen molar-refractivity contribution >= 4 is 27.8 Å². The molecule has 0 aromatic heterocycles. The smallest absolute Gasteiger partial charge is 0.231 e. The van der Waals surface area contributed by atoms with Gasteiger partial charge in [-0.1, -0.05) is 27.7 Å². The van der Waals surface area contributed by atoms with E-state index in [2.05, 4.69) is 15.9 Å². The molecule has 0 radical (unpaired) electrons. The molecule has 1 aliphatic rings. The van der Waals surface area contributed by atoms with Crippen molar-refractivity contribution in [2.45, 2.75) is 6.54 Å². The monoisotopic (exact) mass is 403 g/mol. The third-order valence-electron chi connectivity index (χ3n) is 3.91. The highest BCUT2D eigenvalue weighted by Crippen LogP contribution is 2.39. The van der Waals surface area contributed by atoms with Gasteiger partial charge >= 0.3 is 0 Å². The van der Waals surface area contributed by atoms with Gasteiger partial charge in [0.1, 0.15) is 18.0 Å². The van der Waals surface area contributed by atoms with Crippen molar-refractivity contribution in [2.24, 2.45) is 0 Å². The van der Waals surface area contributed by atoms with Crippen LogP contribution in [0.4, 0.5) is 0 Å². The first kappa shape index (κ1) is 17.5. The van der Waals surface area contributed by atoms with Crippen molar-refractivity contribution in [3.05, 3.63) is 57.3 Å². The maximum Gasteiger partial charge on any atom is 0.231 e. The van der Waals surface area contributed by atoms with E-state index in [1.807, 2.05) is 26.2 Å². The van der Waals surface area contributed by atoms with Gasteiger partial charge in [-0.25, -0.2) is 0 Å². The van der Waals surface area contributed by atoms with Crippen LogP contribution in [0.25, 0.3) is 6.08 Å². The van der Waals surface area contributed by atoms with E-state index >= 15 is 0 Å². The number of nitrogens with one attached hydrogen (secondary N) is 1. The molecule has 1 heterocycles. The highest BCUT2D eigenvalue weighted by Gasteiger charge is 2.30. The van der Waals surface area contributed by atoms with E-state index in [-0.39, 0.29) is 17.3 Å². The van der Waals surface area contributed by atoms with Gasteiger partial charge in [0.15, 0.2) is 5.76 Å². The van der Waals surface area contributed by atoms with E-state index < -0.39 is 0 Å². The second kappa shape index (κ2) is 6.90. The Balaban J connectivity index is 2.05. The molecule has 0 saturated heterocycles. The number of rotatable bonds is 4. The molecule has 6 heteroatoms. The molecule has 0 saturated carbocycles. The van der Waals surface area contributed by atoms with Gasteiger partial charge < -0.3 is 19.5 Å². The molecule has 0 unspecified atom stereocenters. The zero-order chi connectivity index (χ0) is 18.1. The minimum absolute atomic E-state index is 0.117. The van der Waals surface area contributed by atoms with Gasteiger partial charge in [-0.05, 0) is 30.3 Å². The number of halogens is 1. The zero-order valence-electron chi connectivity index (χ0n) is 14.2. The summed E-state index contributed by atoms with van der Waals surface area (Å²) in [5, 5.41) is 12.2. The van der Waals surface area contributed by atoms with Gasteiger partial charge in [-0.3, -0.25) is 4.79 Å². The molecule has 0 bridgehead atoms. The quantitative estimate of drug-likeness (QED) is 0.790. The lowest BCUT2D eigenvalue weighted by atomic mass is 10.0. The van der Waals surface area contributed by atoms with E-state index in [1.165, 1.54) is 12.1 Å². The first-order valence-electron chi connectivity index (χ1n) is 7.80. The Bertz CT molecular complexity index is 874. The number of carbonyl (C=O) groups excluding carboxylic acids is 1. The maximum atomic E-state index is 12.7. The highest BCUT2D eigenvalue weighted by molar-refractivity contribution is 9.10. The number of hydrogen-bond acceptors (Lipinski definition) is 4. The molecule has 1 aliphatic heterocycles. The normalized spacial score (nSPS) is 14.8. The lowest BCUT2D eigenvalue weighted by Crippen LogP contribution is -3.04. The van der Waals surface area contributed by atoms with Gasteiger partial charge in [0.05, 0.1) is 26.8 Å². The fourth-order valence-corrected chi connectivity index (χ4v) is 3.15. The molecule has 3 rings (SSSR count). The second-order valence-electron chi connectivity index (χ2n) is 6.13. The molecule has 0 spiro atoms. The molecule has 1 N–H and O–H groups in total. The summed E-state index contributed by atoms with van der Waals surface area (Å²) in [5.41, 5.74) is 1.67. The van der Waals surface area contributed by atoms with Crippen LogP contribution in [0, 0.1) is 0 Å². The molecule has 0 amide bonds. The third-order valence-corrected chi connectivity index (χ3v) is 4.40. The highest BCUT2D eigenvalue weighted by atomic mass is 79.9. The van der Waals surface area contributed by atoms with Crippen LogP contribution < -0.4 is 19.5 Å². The van der Waals surface area contributed by atoms with Crippen LogP contribution in [0.1, 0.15) is 21.5 Å². The summed E-state index contributed by atoms with van der Waals surface area (Å²) in [6, 6.07) is 8.47. The summed E-state index contributed by atoms with van der Waals surface area (Å²) in [6.07, 6.45) is 1.64. The number of allylic oxidation sites excluding steroid dienone is 1. The number of carbonyl (C=O) groups is 1. The Hall–Kier alpha value is -2.31. The van der Waals surface area contributed by atoms with Crippen LogP contribution in [0.2, 0.25) is 0 Å². The number of ether oxygens (including phenoxy) is 2. The molecule has 5 nitrogen and oxygen atoms in total. The summed E-state index contributed by atoms with van der Waals surface area (Å²) in [6.45, 7) is 0.489. The molecule has 2 aromatic carbocycles. The first-order chi connectivity index (χ1) is 11.9. The minimum atomic E-state index is -0.230. The van der Waals surface area contributed by atoms with Crippen LogP contribution in [0.15, 0.2) is 40.6 Å². The van der Waals surface area contributed by atoms with E-state index in [4.69, 9.17) is 9.47 Å². The lowest BCUT2D eigenvalue weighted by molar-refractivity contribution is -0.872.